The van der Waals surface area contributed by atoms with E-state index in [-0.39, 0.29) is 6.79 Å². The lowest BCUT2D eigenvalue weighted by molar-refractivity contribution is 0.174. The number of benzene rings is 3. The normalized spacial score (nSPS) is 12.7. The number of ether oxygens (including phenoxy) is 2. The highest BCUT2D eigenvalue weighted by Crippen LogP contribution is 2.38. The summed E-state index contributed by atoms with van der Waals surface area (Å²) in [5.74, 6) is 1.93. The zero-order valence-corrected chi connectivity index (χ0v) is 14.6. The van der Waals surface area contributed by atoms with Crippen LogP contribution in [0.2, 0.25) is 0 Å². The summed E-state index contributed by atoms with van der Waals surface area (Å²) >= 11 is 0. The fraction of sp³-hybridized carbons (Fsp3) is 0.0455. The van der Waals surface area contributed by atoms with Crippen LogP contribution >= 0.6 is 0 Å². The van der Waals surface area contributed by atoms with Gasteiger partial charge in [-0.05, 0) is 35.9 Å². The first kappa shape index (κ1) is 15.2. The van der Waals surface area contributed by atoms with Crippen LogP contribution in [0.1, 0.15) is 0 Å². The summed E-state index contributed by atoms with van der Waals surface area (Å²) in [5, 5.41) is 0. The van der Waals surface area contributed by atoms with E-state index in [2.05, 4.69) is 9.97 Å². The van der Waals surface area contributed by atoms with Crippen molar-refractivity contribution in [3.05, 3.63) is 66.9 Å². The number of oxazole rings is 1. The molecule has 134 valence electrons. The molecule has 0 atom stereocenters. The highest BCUT2D eigenvalue weighted by atomic mass is 16.7. The number of nitrogens with zero attached hydrogens (tertiary/aromatic N) is 3. The third-order valence-electron chi connectivity index (χ3n) is 4.77. The van der Waals surface area contributed by atoms with E-state index in [1.54, 1.807) is 6.20 Å². The zero-order valence-electron chi connectivity index (χ0n) is 14.6. The minimum Gasteiger partial charge on any atom is -0.454 e. The van der Waals surface area contributed by atoms with Gasteiger partial charge in [-0.15, -0.1) is 0 Å². The van der Waals surface area contributed by atoms with Gasteiger partial charge in [-0.2, -0.15) is 0 Å². The minimum atomic E-state index is 0.248. The number of para-hydroxylation sites is 3. The van der Waals surface area contributed by atoms with Crippen molar-refractivity contribution in [1.29, 1.82) is 0 Å². The Morgan fingerprint density at radius 3 is 2.64 bits per heavy atom. The van der Waals surface area contributed by atoms with Crippen molar-refractivity contribution in [2.45, 2.75) is 0 Å². The predicted octanol–water partition coefficient (Wildman–Crippen LogP) is 4.83. The fourth-order valence-electron chi connectivity index (χ4n) is 3.42. The van der Waals surface area contributed by atoms with Crippen LogP contribution in [0.15, 0.2) is 71.3 Å². The maximum Gasteiger partial charge on any atom is 0.247 e. The van der Waals surface area contributed by atoms with E-state index in [0.29, 0.717) is 17.2 Å². The molecule has 0 aliphatic carbocycles. The number of hydrogen-bond acceptors (Lipinski definition) is 6. The Hall–Kier alpha value is -3.93. The number of aromatic nitrogens is 3. The van der Waals surface area contributed by atoms with Gasteiger partial charge in [-0.1, -0.05) is 30.3 Å². The SMILES string of the molecule is c1ccc2nc(-c3nc4c(-c5ccc6c(c5)OCO6)cccc4o3)cnc2c1. The molecule has 0 spiro atoms. The van der Waals surface area contributed by atoms with Crippen molar-refractivity contribution in [1.82, 2.24) is 15.0 Å². The Morgan fingerprint density at radius 2 is 1.68 bits per heavy atom. The molecule has 0 N–H and O–H groups in total. The van der Waals surface area contributed by atoms with E-state index in [1.807, 2.05) is 60.7 Å². The van der Waals surface area contributed by atoms with Crippen LogP contribution in [0.25, 0.3) is 44.8 Å². The molecule has 6 heteroatoms. The third kappa shape index (κ3) is 2.31. The van der Waals surface area contributed by atoms with Gasteiger partial charge in [0.05, 0.1) is 17.2 Å². The molecule has 0 bridgehead atoms. The molecule has 6 rings (SSSR count). The lowest BCUT2D eigenvalue weighted by Crippen LogP contribution is -1.92. The van der Waals surface area contributed by atoms with Gasteiger partial charge < -0.3 is 13.9 Å². The second-order valence-electron chi connectivity index (χ2n) is 6.48. The molecular formula is C22H13N3O3. The molecule has 0 fully saturated rings. The zero-order chi connectivity index (χ0) is 18.5. The molecule has 6 nitrogen and oxygen atoms in total. The van der Waals surface area contributed by atoms with E-state index in [9.17, 15) is 0 Å². The molecular weight excluding hydrogens is 354 g/mol. The Bertz CT molecular complexity index is 1360. The molecule has 1 aliphatic rings. The first-order valence-electron chi connectivity index (χ1n) is 8.87. The van der Waals surface area contributed by atoms with Crippen molar-refractivity contribution in [3.8, 4) is 34.2 Å². The second kappa shape index (κ2) is 5.79. The van der Waals surface area contributed by atoms with Crippen LogP contribution in [-0.2, 0) is 0 Å². The maximum atomic E-state index is 5.99. The summed E-state index contributed by atoms with van der Waals surface area (Å²) < 4.78 is 16.9. The molecule has 5 aromatic rings. The van der Waals surface area contributed by atoms with Crippen molar-refractivity contribution in [3.63, 3.8) is 0 Å². The van der Waals surface area contributed by atoms with Gasteiger partial charge in [0.2, 0.25) is 12.7 Å². The summed E-state index contributed by atoms with van der Waals surface area (Å²) in [6, 6.07) is 19.4. The van der Waals surface area contributed by atoms with E-state index < -0.39 is 0 Å². The maximum absolute atomic E-state index is 5.99. The average molecular weight is 367 g/mol. The average Bonchev–Trinajstić information content (AvgIpc) is 3.39. The molecule has 0 saturated carbocycles. The van der Waals surface area contributed by atoms with Crippen LogP contribution in [0, 0.1) is 0 Å². The number of hydrogen-bond donors (Lipinski definition) is 0. The van der Waals surface area contributed by atoms with Gasteiger partial charge in [-0.3, -0.25) is 4.98 Å². The van der Waals surface area contributed by atoms with E-state index >= 15 is 0 Å². The summed E-state index contributed by atoms with van der Waals surface area (Å²) in [6.45, 7) is 0.248. The molecule has 0 amide bonds. The van der Waals surface area contributed by atoms with E-state index in [1.165, 1.54) is 0 Å². The highest BCUT2D eigenvalue weighted by Gasteiger charge is 2.18. The highest BCUT2D eigenvalue weighted by molar-refractivity contribution is 5.92. The molecule has 0 unspecified atom stereocenters. The molecule has 0 saturated heterocycles. The van der Waals surface area contributed by atoms with Gasteiger partial charge in [-0.25, -0.2) is 9.97 Å². The quantitative estimate of drug-likeness (QED) is 0.445. The van der Waals surface area contributed by atoms with Crippen molar-refractivity contribution >= 4 is 22.1 Å². The van der Waals surface area contributed by atoms with Gasteiger partial charge in [0.15, 0.2) is 17.1 Å². The van der Waals surface area contributed by atoms with Crippen molar-refractivity contribution < 1.29 is 13.9 Å². The molecule has 3 aromatic carbocycles. The Balaban J connectivity index is 1.50. The van der Waals surface area contributed by atoms with Gasteiger partial charge in [0.25, 0.3) is 0 Å². The largest absolute Gasteiger partial charge is 0.454 e. The Morgan fingerprint density at radius 1 is 0.786 bits per heavy atom. The Labute approximate surface area is 159 Å². The van der Waals surface area contributed by atoms with Gasteiger partial charge in [0, 0.05) is 5.56 Å². The number of rotatable bonds is 2. The first-order chi connectivity index (χ1) is 13.8. The fourth-order valence-corrected chi connectivity index (χ4v) is 3.42. The van der Waals surface area contributed by atoms with E-state index in [0.717, 1.165) is 39.2 Å². The van der Waals surface area contributed by atoms with E-state index in [4.69, 9.17) is 18.9 Å². The first-order valence-corrected chi connectivity index (χ1v) is 8.87. The standard InChI is InChI=1S/C22H13N3O3/c1-2-6-16-15(5-1)23-11-17(24-16)22-25-21-14(4-3-7-19(21)28-22)13-8-9-18-20(10-13)27-12-26-18/h1-11H,12H2. The topological polar surface area (TPSA) is 70.3 Å². The van der Waals surface area contributed by atoms with Crippen molar-refractivity contribution in [2.75, 3.05) is 6.79 Å². The van der Waals surface area contributed by atoms with Crippen LogP contribution in [0.4, 0.5) is 0 Å². The van der Waals surface area contributed by atoms with Gasteiger partial charge in [0.1, 0.15) is 11.2 Å². The summed E-state index contributed by atoms with van der Waals surface area (Å²) in [6.07, 6.45) is 1.69. The molecule has 0 radical (unpaired) electrons. The molecule has 2 aromatic heterocycles. The van der Waals surface area contributed by atoms with Crippen LogP contribution in [-0.4, -0.2) is 21.7 Å². The van der Waals surface area contributed by atoms with Crippen molar-refractivity contribution in [2.24, 2.45) is 0 Å². The van der Waals surface area contributed by atoms with Crippen LogP contribution in [0.3, 0.4) is 0 Å². The minimum absolute atomic E-state index is 0.248. The number of fused-ring (bicyclic) bond motifs is 3. The van der Waals surface area contributed by atoms with Crippen LogP contribution in [0.5, 0.6) is 11.5 Å². The summed E-state index contributed by atoms with van der Waals surface area (Å²) in [4.78, 5) is 13.8. The summed E-state index contributed by atoms with van der Waals surface area (Å²) in [7, 11) is 0. The molecule has 28 heavy (non-hydrogen) atoms. The smallest absolute Gasteiger partial charge is 0.247 e. The monoisotopic (exact) mass is 367 g/mol. The predicted molar refractivity (Wildman–Crippen MR) is 104 cm³/mol. The van der Waals surface area contributed by atoms with Gasteiger partial charge >= 0.3 is 0 Å². The van der Waals surface area contributed by atoms with Crippen LogP contribution < -0.4 is 9.47 Å². The lowest BCUT2D eigenvalue weighted by atomic mass is 10.0. The lowest BCUT2D eigenvalue weighted by Gasteiger charge is -2.03. The second-order valence-corrected chi connectivity index (χ2v) is 6.48. The molecule has 1 aliphatic heterocycles. The molecule has 3 heterocycles. The third-order valence-corrected chi connectivity index (χ3v) is 4.77. The Kier molecular flexibility index (Phi) is 3.13. The summed E-state index contributed by atoms with van der Waals surface area (Å²) in [5.41, 5.74) is 5.65.